The lowest BCUT2D eigenvalue weighted by Crippen LogP contribution is -2.33. The van der Waals surface area contributed by atoms with E-state index in [2.05, 4.69) is 15.0 Å². The molecule has 2 rings (SSSR count). The van der Waals surface area contributed by atoms with Gasteiger partial charge in [0.25, 0.3) is 0 Å². The molecule has 0 bridgehead atoms. The standard InChI is InChI=1S/C13H23N5O2/c1-10(19)18-6-4-5-17(7-8-18)9-11-15-12(16-20-11)13(2,3)14/h4-9,14H2,1-3H3. The van der Waals surface area contributed by atoms with E-state index in [0.29, 0.717) is 18.3 Å². The van der Waals surface area contributed by atoms with Crippen molar-refractivity contribution in [3.8, 4) is 0 Å². The average Bonchev–Trinajstić information content (AvgIpc) is 2.68. The second-order valence-electron chi connectivity index (χ2n) is 5.87. The van der Waals surface area contributed by atoms with Crippen molar-refractivity contribution in [3.05, 3.63) is 11.7 Å². The van der Waals surface area contributed by atoms with Crippen LogP contribution in [0.1, 0.15) is 38.9 Å². The lowest BCUT2D eigenvalue weighted by Gasteiger charge is -2.19. The Hall–Kier alpha value is -1.47. The van der Waals surface area contributed by atoms with Gasteiger partial charge in [-0.05, 0) is 20.3 Å². The highest BCUT2D eigenvalue weighted by Gasteiger charge is 2.23. The first-order valence-corrected chi connectivity index (χ1v) is 6.96. The third-order valence-corrected chi connectivity index (χ3v) is 3.44. The van der Waals surface area contributed by atoms with Crippen molar-refractivity contribution in [1.82, 2.24) is 19.9 Å². The summed E-state index contributed by atoms with van der Waals surface area (Å²) in [6.07, 6.45) is 0.961. The number of aromatic nitrogens is 2. The molecule has 20 heavy (non-hydrogen) atoms. The smallest absolute Gasteiger partial charge is 0.240 e. The van der Waals surface area contributed by atoms with Crippen LogP contribution in [0, 0.1) is 0 Å². The van der Waals surface area contributed by atoms with Crippen LogP contribution in [0.5, 0.6) is 0 Å². The van der Waals surface area contributed by atoms with Crippen LogP contribution in [-0.2, 0) is 16.9 Å². The number of hydrogen-bond acceptors (Lipinski definition) is 6. The van der Waals surface area contributed by atoms with Crippen LogP contribution in [0.3, 0.4) is 0 Å². The number of nitrogens with zero attached hydrogens (tertiary/aromatic N) is 4. The first-order chi connectivity index (χ1) is 9.36. The molecule has 7 heteroatoms. The second-order valence-corrected chi connectivity index (χ2v) is 5.87. The molecule has 2 heterocycles. The van der Waals surface area contributed by atoms with Crippen LogP contribution in [-0.4, -0.2) is 52.0 Å². The van der Waals surface area contributed by atoms with Crippen molar-refractivity contribution in [1.29, 1.82) is 0 Å². The van der Waals surface area contributed by atoms with Gasteiger partial charge >= 0.3 is 0 Å². The predicted molar refractivity (Wildman–Crippen MR) is 73.7 cm³/mol. The summed E-state index contributed by atoms with van der Waals surface area (Å²) in [6, 6.07) is 0. The van der Waals surface area contributed by atoms with Crippen LogP contribution in [0.15, 0.2) is 4.52 Å². The van der Waals surface area contributed by atoms with Crippen LogP contribution >= 0.6 is 0 Å². The number of rotatable bonds is 3. The van der Waals surface area contributed by atoms with Gasteiger partial charge in [0, 0.05) is 33.1 Å². The van der Waals surface area contributed by atoms with Gasteiger partial charge in [-0.1, -0.05) is 5.16 Å². The van der Waals surface area contributed by atoms with E-state index >= 15 is 0 Å². The van der Waals surface area contributed by atoms with Gasteiger partial charge in [0.2, 0.25) is 11.8 Å². The fourth-order valence-corrected chi connectivity index (χ4v) is 2.22. The molecule has 0 aliphatic carbocycles. The van der Waals surface area contributed by atoms with E-state index in [1.807, 2.05) is 18.7 Å². The van der Waals surface area contributed by atoms with Crippen molar-refractivity contribution in [2.45, 2.75) is 39.3 Å². The van der Waals surface area contributed by atoms with Crippen LogP contribution in [0.25, 0.3) is 0 Å². The zero-order valence-corrected chi connectivity index (χ0v) is 12.4. The number of hydrogen-bond donors (Lipinski definition) is 1. The highest BCUT2D eigenvalue weighted by molar-refractivity contribution is 5.73. The molecule has 1 saturated heterocycles. The van der Waals surface area contributed by atoms with E-state index < -0.39 is 5.54 Å². The Kier molecular flexibility index (Phi) is 4.39. The number of carbonyl (C=O) groups is 1. The van der Waals surface area contributed by atoms with Crippen molar-refractivity contribution in [2.24, 2.45) is 5.73 Å². The van der Waals surface area contributed by atoms with Gasteiger partial charge in [0.1, 0.15) is 0 Å². The van der Waals surface area contributed by atoms with E-state index in [0.717, 1.165) is 32.6 Å². The third-order valence-electron chi connectivity index (χ3n) is 3.44. The summed E-state index contributed by atoms with van der Waals surface area (Å²) in [5.74, 6) is 1.24. The molecule has 112 valence electrons. The molecule has 7 nitrogen and oxygen atoms in total. The quantitative estimate of drug-likeness (QED) is 0.858. The molecule has 1 aromatic heterocycles. The highest BCUT2D eigenvalue weighted by Crippen LogP contribution is 2.14. The molecule has 1 aromatic rings. The maximum atomic E-state index is 11.4. The summed E-state index contributed by atoms with van der Waals surface area (Å²) in [4.78, 5) is 19.8. The maximum Gasteiger partial charge on any atom is 0.240 e. The van der Waals surface area contributed by atoms with Crippen LogP contribution in [0.4, 0.5) is 0 Å². The van der Waals surface area contributed by atoms with E-state index in [1.54, 1.807) is 6.92 Å². The summed E-state index contributed by atoms with van der Waals surface area (Å²) in [6.45, 7) is 9.22. The molecule has 0 radical (unpaired) electrons. The van der Waals surface area contributed by atoms with Gasteiger partial charge in [0.05, 0.1) is 12.1 Å². The zero-order valence-electron chi connectivity index (χ0n) is 12.4. The Bertz CT molecular complexity index is 466. The van der Waals surface area contributed by atoms with Gasteiger partial charge in [-0.25, -0.2) is 0 Å². The monoisotopic (exact) mass is 281 g/mol. The molecule has 0 unspecified atom stereocenters. The molecular formula is C13H23N5O2. The Morgan fingerprint density at radius 3 is 2.70 bits per heavy atom. The Labute approximate surface area is 119 Å². The SMILES string of the molecule is CC(=O)N1CCCN(Cc2nc(C(C)(C)N)no2)CC1. The highest BCUT2D eigenvalue weighted by atomic mass is 16.5. The van der Waals surface area contributed by atoms with Gasteiger partial charge in [0.15, 0.2) is 5.82 Å². The minimum atomic E-state index is -0.591. The van der Waals surface area contributed by atoms with Crippen molar-refractivity contribution < 1.29 is 9.32 Å². The third kappa shape index (κ3) is 3.77. The molecule has 0 atom stereocenters. The van der Waals surface area contributed by atoms with Gasteiger partial charge in [-0.2, -0.15) is 4.98 Å². The van der Waals surface area contributed by atoms with E-state index in [1.165, 1.54) is 0 Å². The Morgan fingerprint density at radius 2 is 2.10 bits per heavy atom. The van der Waals surface area contributed by atoms with Crippen molar-refractivity contribution in [3.63, 3.8) is 0 Å². The maximum absolute atomic E-state index is 11.4. The Balaban J connectivity index is 1.93. The van der Waals surface area contributed by atoms with E-state index in [9.17, 15) is 4.79 Å². The molecule has 0 aromatic carbocycles. The molecular weight excluding hydrogens is 258 g/mol. The van der Waals surface area contributed by atoms with Gasteiger partial charge in [-0.3, -0.25) is 9.69 Å². The second kappa shape index (κ2) is 5.88. The molecule has 0 spiro atoms. The minimum absolute atomic E-state index is 0.136. The summed E-state index contributed by atoms with van der Waals surface area (Å²) >= 11 is 0. The summed E-state index contributed by atoms with van der Waals surface area (Å²) in [5, 5.41) is 3.92. The summed E-state index contributed by atoms with van der Waals surface area (Å²) in [5.41, 5.74) is 5.35. The van der Waals surface area contributed by atoms with Crippen LogP contribution < -0.4 is 5.73 Å². The first-order valence-electron chi connectivity index (χ1n) is 6.96. The largest absolute Gasteiger partial charge is 0.342 e. The fourth-order valence-electron chi connectivity index (χ4n) is 2.22. The summed E-state index contributed by atoms with van der Waals surface area (Å²) in [7, 11) is 0. The van der Waals surface area contributed by atoms with Gasteiger partial charge in [-0.15, -0.1) is 0 Å². The summed E-state index contributed by atoms with van der Waals surface area (Å²) < 4.78 is 5.25. The van der Waals surface area contributed by atoms with E-state index in [4.69, 9.17) is 10.3 Å². The minimum Gasteiger partial charge on any atom is -0.342 e. The number of nitrogens with two attached hydrogens (primary N) is 1. The predicted octanol–water partition coefficient (Wildman–Crippen LogP) is 0.318. The van der Waals surface area contributed by atoms with Gasteiger partial charge < -0.3 is 15.2 Å². The van der Waals surface area contributed by atoms with Crippen molar-refractivity contribution in [2.75, 3.05) is 26.2 Å². The van der Waals surface area contributed by atoms with Crippen LogP contribution in [0.2, 0.25) is 0 Å². The molecule has 1 fully saturated rings. The lowest BCUT2D eigenvalue weighted by molar-refractivity contribution is -0.128. The fraction of sp³-hybridized carbons (Fsp3) is 0.769. The molecule has 0 saturated carbocycles. The molecule has 1 aliphatic rings. The zero-order chi connectivity index (χ0) is 14.8. The lowest BCUT2D eigenvalue weighted by atomic mass is 10.1. The average molecular weight is 281 g/mol. The van der Waals surface area contributed by atoms with E-state index in [-0.39, 0.29) is 5.91 Å². The normalized spacial score (nSPS) is 18.1. The molecule has 1 amide bonds. The number of amides is 1. The first kappa shape index (κ1) is 14.9. The molecule has 1 aliphatic heterocycles. The molecule has 2 N–H and O–H groups in total. The Morgan fingerprint density at radius 1 is 1.35 bits per heavy atom. The number of carbonyl (C=O) groups excluding carboxylic acids is 1. The topological polar surface area (TPSA) is 88.5 Å². The van der Waals surface area contributed by atoms with Crippen molar-refractivity contribution >= 4 is 5.91 Å².